The van der Waals surface area contributed by atoms with Crippen molar-refractivity contribution >= 4 is 14.3 Å². The van der Waals surface area contributed by atoms with Crippen molar-refractivity contribution in [2.45, 2.75) is 77.5 Å². The first-order valence-electron chi connectivity index (χ1n) is 7.89. The van der Waals surface area contributed by atoms with Crippen molar-refractivity contribution in [1.29, 1.82) is 0 Å². The van der Waals surface area contributed by atoms with Gasteiger partial charge in [-0.25, -0.2) is 0 Å². The molecule has 1 N–H and O–H groups in total. The quantitative estimate of drug-likeness (QED) is 0.619. The third-order valence-electron chi connectivity index (χ3n) is 5.18. The lowest BCUT2D eigenvalue weighted by molar-refractivity contribution is -0.192. The Labute approximate surface area is 135 Å². The second-order valence-corrected chi connectivity index (χ2v) is 13.0. The van der Waals surface area contributed by atoms with E-state index >= 15 is 0 Å². The van der Waals surface area contributed by atoms with Gasteiger partial charge in [0, 0.05) is 13.5 Å². The maximum absolute atomic E-state index is 12.4. The lowest BCUT2D eigenvalue weighted by atomic mass is 9.80. The molecule has 0 unspecified atom stereocenters. The minimum Gasteiger partial charge on any atom is -0.459 e. The fourth-order valence-electron chi connectivity index (χ4n) is 2.27. The molecule has 1 rings (SSSR count). The summed E-state index contributed by atoms with van der Waals surface area (Å²) < 4.78 is 17.2. The summed E-state index contributed by atoms with van der Waals surface area (Å²) >= 11 is 0. The van der Waals surface area contributed by atoms with E-state index in [0.29, 0.717) is 6.42 Å². The van der Waals surface area contributed by atoms with Crippen LogP contribution in [-0.2, 0) is 18.7 Å². The molecule has 5 nitrogen and oxygen atoms in total. The van der Waals surface area contributed by atoms with Gasteiger partial charge in [0.25, 0.3) is 0 Å². The number of aliphatic hydroxyl groups is 1. The summed E-state index contributed by atoms with van der Waals surface area (Å²) in [5.74, 6) is -0.289. The summed E-state index contributed by atoms with van der Waals surface area (Å²) in [5.41, 5.74) is -0.695. The Morgan fingerprint density at radius 2 is 1.95 bits per heavy atom. The number of carbonyl (C=O) groups is 1. The Morgan fingerprint density at radius 1 is 1.41 bits per heavy atom. The molecule has 1 fully saturated rings. The van der Waals surface area contributed by atoms with Crippen LogP contribution in [0.4, 0.5) is 0 Å². The van der Waals surface area contributed by atoms with E-state index in [0.717, 1.165) is 0 Å². The summed E-state index contributed by atoms with van der Waals surface area (Å²) in [6, 6.07) is 0. The van der Waals surface area contributed by atoms with Crippen molar-refractivity contribution in [3.05, 3.63) is 0 Å². The number of hydrogen-bond donors (Lipinski definition) is 1. The molecule has 0 bridgehead atoms. The zero-order chi connectivity index (χ0) is 17.3. The van der Waals surface area contributed by atoms with Gasteiger partial charge in [-0.15, -0.1) is 0 Å². The average Bonchev–Trinajstić information content (AvgIpc) is 2.35. The highest BCUT2D eigenvalue weighted by molar-refractivity contribution is 6.74. The van der Waals surface area contributed by atoms with Crippen LogP contribution in [0.2, 0.25) is 18.1 Å². The first-order valence-corrected chi connectivity index (χ1v) is 10.8. The molecular weight excluding hydrogens is 300 g/mol. The minimum atomic E-state index is -2.01. The molecule has 0 spiro atoms. The number of hydrogen-bond acceptors (Lipinski definition) is 5. The summed E-state index contributed by atoms with van der Waals surface area (Å²) in [6.07, 6.45) is -0.663. The lowest BCUT2D eigenvalue weighted by Gasteiger charge is -2.47. The first-order chi connectivity index (χ1) is 9.86. The highest BCUT2D eigenvalue weighted by atomic mass is 28.4. The first kappa shape index (κ1) is 19.6. The van der Waals surface area contributed by atoms with Crippen molar-refractivity contribution < 1.29 is 23.8 Å². The van der Waals surface area contributed by atoms with Crippen LogP contribution >= 0.6 is 0 Å². The van der Waals surface area contributed by atoms with Gasteiger partial charge in [0.05, 0.1) is 18.1 Å². The predicted molar refractivity (Wildman–Crippen MR) is 88.2 cm³/mol. The number of cyclic esters (lactones) is 1. The fraction of sp³-hybridized carbons (Fsp3) is 0.938. The van der Waals surface area contributed by atoms with E-state index in [4.69, 9.17) is 13.9 Å². The molecule has 0 aliphatic carbocycles. The molecule has 0 amide bonds. The van der Waals surface area contributed by atoms with Crippen molar-refractivity contribution in [3.8, 4) is 0 Å². The number of carbonyl (C=O) groups excluding carboxylic acids is 1. The SMILES string of the molecule is CO[C@H](CO)[C@@H]1C[C@@H](O[Si](C)(C)C(C)(C)C)C(C)(C)C(=O)O1. The van der Waals surface area contributed by atoms with E-state index < -0.39 is 25.9 Å². The van der Waals surface area contributed by atoms with Gasteiger partial charge in [0.1, 0.15) is 12.2 Å². The van der Waals surface area contributed by atoms with E-state index in [1.807, 2.05) is 13.8 Å². The van der Waals surface area contributed by atoms with E-state index in [1.54, 1.807) is 0 Å². The summed E-state index contributed by atoms with van der Waals surface area (Å²) in [4.78, 5) is 12.4. The molecule has 0 saturated carbocycles. The molecule has 6 heteroatoms. The van der Waals surface area contributed by atoms with Crippen molar-refractivity contribution in [2.75, 3.05) is 13.7 Å². The van der Waals surface area contributed by atoms with Gasteiger partial charge in [-0.1, -0.05) is 20.8 Å². The monoisotopic (exact) mass is 332 g/mol. The number of ether oxygens (including phenoxy) is 2. The zero-order valence-corrected chi connectivity index (χ0v) is 16.2. The van der Waals surface area contributed by atoms with Crippen LogP contribution in [0.3, 0.4) is 0 Å². The average molecular weight is 333 g/mol. The Bertz CT molecular complexity index is 396. The molecule has 1 aliphatic rings. The Kier molecular flexibility index (Phi) is 5.88. The highest BCUT2D eigenvalue weighted by Gasteiger charge is 2.51. The number of rotatable bonds is 5. The fourth-order valence-corrected chi connectivity index (χ4v) is 3.73. The maximum Gasteiger partial charge on any atom is 0.314 e. The molecule has 0 aromatic rings. The van der Waals surface area contributed by atoms with Gasteiger partial charge >= 0.3 is 5.97 Å². The molecule has 130 valence electrons. The molecule has 22 heavy (non-hydrogen) atoms. The van der Waals surface area contributed by atoms with Gasteiger partial charge in [0.15, 0.2) is 8.32 Å². The minimum absolute atomic E-state index is 0.0670. The predicted octanol–water partition coefficient (Wildman–Crippen LogP) is 2.73. The van der Waals surface area contributed by atoms with Crippen LogP contribution in [0, 0.1) is 5.41 Å². The lowest BCUT2D eigenvalue weighted by Crippen LogP contribution is -2.57. The summed E-state index contributed by atoms with van der Waals surface area (Å²) in [6.45, 7) is 14.4. The van der Waals surface area contributed by atoms with Crippen LogP contribution in [0.15, 0.2) is 0 Å². The molecule has 0 aromatic carbocycles. The van der Waals surface area contributed by atoms with E-state index in [-0.39, 0.29) is 23.7 Å². The van der Waals surface area contributed by atoms with E-state index in [9.17, 15) is 9.90 Å². The van der Waals surface area contributed by atoms with Crippen LogP contribution in [0.5, 0.6) is 0 Å². The third-order valence-corrected chi connectivity index (χ3v) is 9.66. The summed E-state index contributed by atoms with van der Waals surface area (Å²) in [5, 5.41) is 9.46. The van der Waals surface area contributed by atoms with Crippen molar-refractivity contribution in [1.82, 2.24) is 0 Å². The molecule has 1 aliphatic heterocycles. The zero-order valence-electron chi connectivity index (χ0n) is 15.2. The van der Waals surface area contributed by atoms with Gasteiger partial charge in [-0.05, 0) is 32.0 Å². The maximum atomic E-state index is 12.4. The van der Waals surface area contributed by atoms with Crippen LogP contribution in [0.1, 0.15) is 41.0 Å². The van der Waals surface area contributed by atoms with Crippen LogP contribution in [-0.4, -0.2) is 51.4 Å². The second-order valence-electron chi connectivity index (χ2n) is 8.22. The molecule has 3 atom stereocenters. The van der Waals surface area contributed by atoms with Gasteiger partial charge in [0.2, 0.25) is 0 Å². The number of methoxy groups -OCH3 is 1. The van der Waals surface area contributed by atoms with Gasteiger partial charge in [-0.3, -0.25) is 4.79 Å². The van der Waals surface area contributed by atoms with E-state index in [1.165, 1.54) is 7.11 Å². The van der Waals surface area contributed by atoms with Crippen LogP contribution < -0.4 is 0 Å². The van der Waals surface area contributed by atoms with Crippen molar-refractivity contribution in [3.63, 3.8) is 0 Å². The highest BCUT2D eigenvalue weighted by Crippen LogP contribution is 2.43. The smallest absolute Gasteiger partial charge is 0.314 e. The molecule has 1 saturated heterocycles. The largest absolute Gasteiger partial charge is 0.459 e. The Morgan fingerprint density at radius 3 is 2.36 bits per heavy atom. The van der Waals surface area contributed by atoms with Crippen LogP contribution in [0.25, 0.3) is 0 Å². The summed E-state index contributed by atoms with van der Waals surface area (Å²) in [7, 11) is -0.494. The van der Waals surface area contributed by atoms with E-state index in [2.05, 4.69) is 33.9 Å². The number of aliphatic hydroxyl groups excluding tert-OH is 1. The van der Waals surface area contributed by atoms with Crippen molar-refractivity contribution in [2.24, 2.45) is 5.41 Å². The topological polar surface area (TPSA) is 65.0 Å². The molecule has 1 heterocycles. The Hall–Kier alpha value is -0.433. The van der Waals surface area contributed by atoms with Gasteiger partial charge in [-0.2, -0.15) is 0 Å². The molecule has 0 radical (unpaired) electrons. The number of esters is 1. The normalized spacial score (nSPS) is 27.4. The van der Waals surface area contributed by atoms with Gasteiger partial charge < -0.3 is 19.0 Å². The Balaban J connectivity index is 3.01. The third kappa shape index (κ3) is 3.90. The molecular formula is C16H32O5Si. The second kappa shape index (κ2) is 6.59. The molecule has 0 aromatic heterocycles. The standard InChI is InChI=1S/C16H32O5Si/c1-15(2,3)22(7,8)21-13-9-11(12(10-17)19-6)20-14(18)16(13,4)5/h11-13,17H,9-10H2,1-8H3/t11-,12+,13+/m0/s1.